The highest BCUT2D eigenvalue weighted by atomic mass is 19.4. The number of alkyl halides is 6. The normalized spacial score (nSPS) is 14.7. The van der Waals surface area contributed by atoms with E-state index in [0.29, 0.717) is 48.9 Å². The molecule has 1 N–H and O–H groups in total. The van der Waals surface area contributed by atoms with Gasteiger partial charge in [0, 0.05) is 24.7 Å². The van der Waals surface area contributed by atoms with Crippen molar-refractivity contribution in [1.82, 2.24) is 14.3 Å². The van der Waals surface area contributed by atoms with Crippen LogP contribution < -0.4 is 15.7 Å². The van der Waals surface area contributed by atoms with Crippen molar-refractivity contribution in [3.05, 3.63) is 69.1 Å². The maximum absolute atomic E-state index is 15.2. The summed E-state index contributed by atoms with van der Waals surface area (Å²) in [5.74, 6) is -2.61. The molecule has 2 aromatic carbocycles. The van der Waals surface area contributed by atoms with Crippen molar-refractivity contribution in [1.29, 1.82) is 0 Å². The summed E-state index contributed by atoms with van der Waals surface area (Å²) in [6.45, 7) is 2.30. The lowest BCUT2D eigenvalue weighted by Crippen LogP contribution is -2.32. The zero-order valence-corrected chi connectivity index (χ0v) is 20.0. The van der Waals surface area contributed by atoms with Crippen LogP contribution >= 0.6 is 0 Å². The average Bonchev–Trinajstić information content (AvgIpc) is 3.16. The van der Waals surface area contributed by atoms with E-state index in [4.69, 9.17) is 4.74 Å². The Bertz CT molecular complexity index is 1440. The molecule has 0 fully saturated rings. The number of aromatic nitrogens is 3. The van der Waals surface area contributed by atoms with Crippen LogP contribution in [-0.4, -0.2) is 32.5 Å². The second-order valence-electron chi connectivity index (χ2n) is 8.80. The van der Waals surface area contributed by atoms with Gasteiger partial charge in [-0.25, -0.2) is 9.18 Å². The van der Waals surface area contributed by atoms with Crippen LogP contribution in [0.4, 0.5) is 36.4 Å². The molecule has 1 aliphatic rings. The number of ether oxygens (including phenoxy) is 1. The highest BCUT2D eigenvalue weighted by Crippen LogP contribution is 2.33. The first-order chi connectivity index (χ1) is 17.7. The number of amides is 1. The highest BCUT2D eigenvalue weighted by molar-refractivity contribution is 6.06. The lowest BCUT2D eigenvalue weighted by Gasteiger charge is -2.20. The molecule has 0 unspecified atom stereocenters. The third-order valence-electron chi connectivity index (χ3n) is 6.06. The van der Waals surface area contributed by atoms with E-state index in [1.165, 1.54) is 11.5 Å². The third kappa shape index (κ3) is 5.38. The molecule has 1 amide bonds. The van der Waals surface area contributed by atoms with E-state index in [2.05, 4.69) is 10.4 Å². The summed E-state index contributed by atoms with van der Waals surface area (Å²) in [5, 5.41) is 6.36. The Morgan fingerprint density at radius 1 is 1.11 bits per heavy atom. The molecule has 204 valence electrons. The van der Waals surface area contributed by atoms with Crippen LogP contribution in [0.5, 0.6) is 5.75 Å². The van der Waals surface area contributed by atoms with Crippen LogP contribution in [0.15, 0.2) is 35.1 Å². The molecule has 0 aliphatic carbocycles. The number of aryl methyl sites for hydroxylation is 2. The van der Waals surface area contributed by atoms with Crippen LogP contribution in [0.3, 0.4) is 0 Å². The van der Waals surface area contributed by atoms with Gasteiger partial charge in [0.05, 0.1) is 11.1 Å². The second kappa shape index (κ2) is 9.80. The number of nitrogens with zero attached hydrogens (tertiary/aromatic N) is 3. The second-order valence-corrected chi connectivity index (χ2v) is 8.80. The maximum atomic E-state index is 15.2. The van der Waals surface area contributed by atoms with Crippen LogP contribution in [0.2, 0.25) is 0 Å². The lowest BCUT2D eigenvalue weighted by molar-refractivity contribution is -0.189. The molecule has 3 aromatic rings. The fraction of sp³-hybridized carbons (Fsp3) is 0.375. The minimum atomic E-state index is -4.85. The standard InChI is InChI=1S/C24H21F7N4O3/c1-12-9-14(24(29,30)31)6-7-17(12)32-21(36)15-10-16(25)18(11-19(15)38-13(2)23(26,27)28)35-22(37)34-8-4-3-5-20(34)33-35/h6-7,9-11,13H,3-5,8H2,1-2H3,(H,32,36)/t13-/m0/s1. The van der Waals surface area contributed by atoms with Gasteiger partial charge in [0.25, 0.3) is 5.91 Å². The summed E-state index contributed by atoms with van der Waals surface area (Å²) in [7, 11) is 0. The number of rotatable bonds is 5. The summed E-state index contributed by atoms with van der Waals surface area (Å²) >= 11 is 0. The first-order valence-electron chi connectivity index (χ1n) is 11.4. The Hall–Kier alpha value is -3.84. The Kier molecular flexibility index (Phi) is 7.01. The fourth-order valence-electron chi connectivity index (χ4n) is 3.96. The monoisotopic (exact) mass is 546 g/mol. The van der Waals surface area contributed by atoms with Crippen LogP contribution in [0.1, 0.15) is 47.1 Å². The molecular formula is C24H21F7N4O3. The Morgan fingerprint density at radius 3 is 2.42 bits per heavy atom. The molecular weight excluding hydrogens is 525 g/mol. The SMILES string of the molecule is Cc1cc(C(F)(F)F)ccc1NC(=O)c1cc(F)c(-n2nc3n(c2=O)CCCC3)cc1O[C@@H](C)C(F)(F)F. The van der Waals surface area contributed by atoms with Gasteiger partial charge in [-0.15, -0.1) is 5.10 Å². The van der Waals surface area contributed by atoms with E-state index in [1.807, 2.05) is 0 Å². The molecule has 38 heavy (non-hydrogen) atoms. The summed E-state index contributed by atoms with van der Waals surface area (Å²) in [6, 6.07) is 3.81. The molecule has 4 rings (SSSR count). The molecule has 0 bridgehead atoms. The van der Waals surface area contributed by atoms with Crippen molar-refractivity contribution in [2.45, 2.75) is 58.1 Å². The number of hydrogen-bond acceptors (Lipinski definition) is 4. The Labute approximate surface area is 210 Å². The topological polar surface area (TPSA) is 78.2 Å². The number of carbonyl (C=O) groups excluding carboxylic acids is 1. The molecule has 1 aromatic heterocycles. The van der Waals surface area contributed by atoms with Crippen LogP contribution in [0, 0.1) is 12.7 Å². The molecule has 0 radical (unpaired) electrons. The Balaban J connectivity index is 1.76. The van der Waals surface area contributed by atoms with E-state index >= 15 is 4.39 Å². The number of fused-ring (bicyclic) bond motifs is 1. The summed E-state index contributed by atoms with van der Waals surface area (Å²) in [4.78, 5) is 25.7. The van der Waals surface area contributed by atoms with Crippen molar-refractivity contribution in [3.8, 4) is 11.4 Å². The van der Waals surface area contributed by atoms with Crippen molar-refractivity contribution in [2.75, 3.05) is 5.32 Å². The number of halogens is 7. The lowest BCUT2D eigenvalue weighted by atomic mass is 10.1. The van der Waals surface area contributed by atoms with E-state index in [1.54, 1.807) is 0 Å². The smallest absolute Gasteiger partial charge is 0.425 e. The predicted molar refractivity (Wildman–Crippen MR) is 121 cm³/mol. The van der Waals surface area contributed by atoms with Gasteiger partial charge in [0.1, 0.15) is 23.1 Å². The first-order valence-corrected chi connectivity index (χ1v) is 11.4. The average molecular weight is 546 g/mol. The summed E-state index contributed by atoms with van der Waals surface area (Å²) in [5.41, 5.74) is -2.94. The molecule has 0 spiro atoms. The highest BCUT2D eigenvalue weighted by Gasteiger charge is 2.39. The zero-order valence-electron chi connectivity index (χ0n) is 20.0. The quantitative estimate of drug-likeness (QED) is 0.434. The minimum absolute atomic E-state index is 0.00605. The van der Waals surface area contributed by atoms with Gasteiger partial charge >= 0.3 is 18.0 Å². The van der Waals surface area contributed by atoms with E-state index < -0.39 is 58.4 Å². The molecule has 1 aliphatic heterocycles. The van der Waals surface area contributed by atoms with Gasteiger partial charge in [-0.05, 0) is 56.5 Å². The summed E-state index contributed by atoms with van der Waals surface area (Å²) < 4.78 is 101. The Morgan fingerprint density at radius 2 is 1.82 bits per heavy atom. The number of nitrogens with one attached hydrogen (secondary N) is 1. The van der Waals surface area contributed by atoms with E-state index in [-0.39, 0.29) is 11.3 Å². The maximum Gasteiger partial charge on any atom is 0.425 e. The predicted octanol–water partition coefficient (Wildman–Crippen LogP) is 5.42. The van der Waals surface area contributed by atoms with Gasteiger partial charge in [-0.3, -0.25) is 9.36 Å². The molecule has 0 saturated heterocycles. The van der Waals surface area contributed by atoms with Gasteiger partial charge in [-0.1, -0.05) is 0 Å². The van der Waals surface area contributed by atoms with Crippen LogP contribution in [-0.2, 0) is 19.1 Å². The fourth-order valence-corrected chi connectivity index (χ4v) is 3.96. The van der Waals surface area contributed by atoms with Crippen molar-refractivity contribution >= 4 is 11.6 Å². The van der Waals surface area contributed by atoms with Gasteiger partial charge in [0.15, 0.2) is 6.10 Å². The van der Waals surface area contributed by atoms with E-state index in [9.17, 15) is 35.9 Å². The van der Waals surface area contributed by atoms with Crippen molar-refractivity contribution < 1.29 is 40.3 Å². The number of carbonyl (C=O) groups is 1. The molecule has 1 atom stereocenters. The third-order valence-corrected chi connectivity index (χ3v) is 6.06. The van der Waals surface area contributed by atoms with Gasteiger partial charge < -0.3 is 10.1 Å². The van der Waals surface area contributed by atoms with Crippen molar-refractivity contribution in [3.63, 3.8) is 0 Å². The zero-order chi connectivity index (χ0) is 28.0. The molecule has 2 heterocycles. The molecule has 14 heteroatoms. The van der Waals surface area contributed by atoms with Crippen molar-refractivity contribution in [2.24, 2.45) is 0 Å². The first kappa shape index (κ1) is 27.2. The van der Waals surface area contributed by atoms with E-state index in [0.717, 1.165) is 24.6 Å². The van der Waals surface area contributed by atoms with Gasteiger partial charge in [0.2, 0.25) is 0 Å². The summed E-state index contributed by atoms with van der Waals surface area (Å²) in [6.07, 6.45) is -10.0. The van der Waals surface area contributed by atoms with Crippen LogP contribution in [0.25, 0.3) is 5.69 Å². The minimum Gasteiger partial charge on any atom is -0.480 e. The number of benzene rings is 2. The number of hydrogen-bond donors (Lipinski definition) is 1. The number of anilines is 1. The largest absolute Gasteiger partial charge is 0.480 e. The molecule has 0 saturated carbocycles. The molecule has 7 nitrogen and oxygen atoms in total. The van der Waals surface area contributed by atoms with Gasteiger partial charge in [-0.2, -0.15) is 31.0 Å².